The molecular weight excluding hydrogens is 304 g/mol. The summed E-state index contributed by atoms with van der Waals surface area (Å²) in [5.41, 5.74) is 1.75. The van der Waals surface area contributed by atoms with E-state index in [9.17, 15) is 8.78 Å². The minimum atomic E-state index is -2.52. The van der Waals surface area contributed by atoms with Crippen molar-refractivity contribution >= 4 is 32.9 Å². The fourth-order valence-electron chi connectivity index (χ4n) is 2.18. The summed E-state index contributed by atoms with van der Waals surface area (Å²) in [6.45, 7) is 0.675. The van der Waals surface area contributed by atoms with E-state index in [1.165, 1.54) is 0 Å². The summed E-state index contributed by atoms with van der Waals surface area (Å²) in [5, 5.41) is 0. The average molecular weight is 316 g/mol. The number of piperidine rings is 1. The molecule has 2 heterocycles. The SMILES string of the molecule is FC1(F)CCN(c2nc3c(Br)cccc3[nH]2)CC1. The quantitative estimate of drug-likeness (QED) is 0.872. The minimum absolute atomic E-state index is 0.106. The van der Waals surface area contributed by atoms with Crippen LogP contribution in [0, 0.1) is 0 Å². The molecule has 0 aliphatic carbocycles. The molecule has 0 unspecified atom stereocenters. The largest absolute Gasteiger partial charge is 0.342 e. The Morgan fingerprint density at radius 3 is 2.67 bits per heavy atom. The number of benzene rings is 1. The molecule has 1 aliphatic rings. The number of H-pyrrole nitrogens is 1. The number of anilines is 1. The van der Waals surface area contributed by atoms with Gasteiger partial charge in [-0.15, -0.1) is 0 Å². The number of imidazole rings is 1. The maximum absolute atomic E-state index is 13.1. The van der Waals surface area contributed by atoms with Crippen molar-refractivity contribution in [3.63, 3.8) is 0 Å². The van der Waals surface area contributed by atoms with Gasteiger partial charge in [0, 0.05) is 30.4 Å². The van der Waals surface area contributed by atoms with Gasteiger partial charge in [0.15, 0.2) is 0 Å². The third-order valence-corrected chi connectivity index (χ3v) is 3.89. The molecule has 1 aromatic carbocycles. The standard InChI is InChI=1S/C12H12BrF2N3/c13-8-2-1-3-9-10(8)17-11(16-9)18-6-4-12(14,15)5-7-18/h1-3H,4-7H2,(H,16,17). The minimum Gasteiger partial charge on any atom is -0.342 e. The molecule has 1 N–H and O–H groups in total. The first-order valence-corrected chi connectivity index (χ1v) is 6.61. The highest BCUT2D eigenvalue weighted by Gasteiger charge is 2.34. The second-order valence-corrected chi connectivity index (χ2v) is 5.39. The van der Waals surface area contributed by atoms with Gasteiger partial charge in [0.25, 0.3) is 5.92 Å². The second kappa shape index (κ2) is 4.19. The van der Waals surface area contributed by atoms with Crippen LogP contribution in [0.25, 0.3) is 11.0 Å². The number of para-hydroxylation sites is 1. The van der Waals surface area contributed by atoms with Crippen LogP contribution in [-0.2, 0) is 0 Å². The Morgan fingerprint density at radius 2 is 2.00 bits per heavy atom. The van der Waals surface area contributed by atoms with Crippen molar-refractivity contribution < 1.29 is 8.78 Å². The molecule has 3 rings (SSSR count). The van der Waals surface area contributed by atoms with E-state index < -0.39 is 5.92 Å². The molecule has 0 spiro atoms. The fourth-order valence-corrected chi connectivity index (χ4v) is 2.63. The van der Waals surface area contributed by atoms with Gasteiger partial charge in [0.2, 0.25) is 5.95 Å². The zero-order valence-electron chi connectivity index (χ0n) is 9.59. The van der Waals surface area contributed by atoms with Gasteiger partial charge >= 0.3 is 0 Å². The van der Waals surface area contributed by atoms with E-state index in [-0.39, 0.29) is 12.8 Å². The van der Waals surface area contributed by atoms with Crippen molar-refractivity contribution in [1.82, 2.24) is 9.97 Å². The summed E-state index contributed by atoms with van der Waals surface area (Å²) in [7, 11) is 0. The molecule has 0 bridgehead atoms. The Bertz CT molecular complexity index is 572. The maximum atomic E-state index is 13.1. The predicted molar refractivity (Wildman–Crippen MR) is 70.2 cm³/mol. The van der Waals surface area contributed by atoms with Crippen LogP contribution in [0.15, 0.2) is 22.7 Å². The van der Waals surface area contributed by atoms with Crippen LogP contribution in [0.5, 0.6) is 0 Å². The second-order valence-electron chi connectivity index (χ2n) is 4.54. The molecule has 1 aromatic heterocycles. The van der Waals surface area contributed by atoms with E-state index in [1.54, 1.807) is 0 Å². The van der Waals surface area contributed by atoms with Gasteiger partial charge < -0.3 is 9.88 Å². The fraction of sp³-hybridized carbons (Fsp3) is 0.417. The number of fused-ring (bicyclic) bond motifs is 1. The van der Waals surface area contributed by atoms with Crippen molar-refractivity contribution in [2.75, 3.05) is 18.0 Å². The predicted octanol–water partition coefficient (Wildman–Crippen LogP) is 3.56. The molecule has 0 atom stereocenters. The van der Waals surface area contributed by atoms with Gasteiger partial charge in [-0.05, 0) is 28.1 Å². The Morgan fingerprint density at radius 1 is 1.28 bits per heavy atom. The topological polar surface area (TPSA) is 31.9 Å². The first kappa shape index (κ1) is 11.9. The lowest BCUT2D eigenvalue weighted by atomic mass is 10.1. The molecule has 0 radical (unpaired) electrons. The van der Waals surface area contributed by atoms with Gasteiger partial charge in [-0.1, -0.05) is 6.07 Å². The third-order valence-electron chi connectivity index (χ3n) is 3.25. The van der Waals surface area contributed by atoms with Crippen LogP contribution in [0.2, 0.25) is 0 Å². The molecule has 0 saturated carbocycles. The Kier molecular flexibility index (Phi) is 2.77. The highest BCUT2D eigenvalue weighted by Crippen LogP contribution is 2.31. The van der Waals surface area contributed by atoms with Crippen LogP contribution in [0.3, 0.4) is 0 Å². The van der Waals surface area contributed by atoms with Crippen molar-refractivity contribution in [3.8, 4) is 0 Å². The number of nitrogens with zero attached hydrogens (tertiary/aromatic N) is 2. The van der Waals surface area contributed by atoms with E-state index in [0.29, 0.717) is 19.0 Å². The Balaban J connectivity index is 1.89. The van der Waals surface area contributed by atoms with Gasteiger partial charge in [-0.25, -0.2) is 13.8 Å². The Hall–Kier alpha value is -1.17. The van der Waals surface area contributed by atoms with Crippen molar-refractivity contribution in [2.24, 2.45) is 0 Å². The number of halogens is 3. The summed E-state index contributed by atoms with van der Waals surface area (Å²) in [4.78, 5) is 9.51. The average Bonchev–Trinajstić information content (AvgIpc) is 2.74. The lowest BCUT2D eigenvalue weighted by Crippen LogP contribution is -2.39. The maximum Gasteiger partial charge on any atom is 0.251 e. The molecule has 18 heavy (non-hydrogen) atoms. The first-order valence-electron chi connectivity index (χ1n) is 5.82. The number of hydrogen-bond acceptors (Lipinski definition) is 2. The number of alkyl halides is 2. The molecule has 1 fully saturated rings. The molecule has 2 aromatic rings. The van der Waals surface area contributed by atoms with Crippen LogP contribution in [-0.4, -0.2) is 29.0 Å². The summed E-state index contributed by atoms with van der Waals surface area (Å²) < 4.78 is 27.1. The van der Waals surface area contributed by atoms with E-state index in [1.807, 2.05) is 23.1 Å². The highest BCUT2D eigenvalue weighted by atomic mass is 79.9. The van der Waals surface area contributed by atoms with Crippen LogP contribution < -0.4 is 4.90 Å². The number of hydrogen-bond donors (Lipinski definition) is 1. The van der Waals surface area contributed by atoms with E-state index in [4.69, 9.17) is 0 Å². The van der Waals surface area contributed by atoms with Crippen LogP contribution >= 0.6 is 15.9 Å². The first-order chi connectivity index (χ1) is 8.55. The van der Waals surface area contributed by atoms with Gasteiger partial charge in [0.05, 0.1) is 5.52 Å². The molecular formula is C12H12BrF2N3. The summed E-state index contributed by atoms with van der Waals surface area (Å²) >= 11 is 3.43. The number of aromatic amines is 1. The summed E-state index contributed by atoms with van der Waals surface area (Å²) in [6, 6.07) is 5.76. The third kappa shape index (κ3) is 2.09. The molecule has 0 amide bonds. The number of aromatic nitrogens is 2. The smallest absolute Gasteiger partial charge is 0.251 e. The number of rotatable bonds is 1. The number of nitrogens with one attached hydrogen (secondary N) is 1. The lowest BCUT2D eigenvalue weighted by Gasteiger charge is -2.31. The van der Waals surface area contributed by atoms with E-state index >= 15 is 0 Å². The zero-order chi connectivity index (χ0) is 12.8. The Labute approximate surface area is 111 Å². The van der Waals surface area contributed by atoms with Gasteiger partial charge in [0.1, 0.15) is 5.52 Å². The van der Waals surface area contributed by atoms with Crippen molar-refractivity contribution in [1.29, 1.82) is 0 Å². The molecule has 96 valence electrons. The normalized spacial score (nSPS) is 19.4. The van der Waals surface area contributed by atoms with E-state index in [0.717, 1.165) is 15.5 Å². The highest BCUT2D eigenvalue weighted by molar-refractivity contribution is 9.10. The van der Waals surface area contributed by atoms with Crippen LogP contribution in [0.1, 0.15) is 12.8 Å². The van der Waals surface area contributed by atoms with Gasteiger partial charge in [-0.3, -0.25) is 0 Å². The van der Waals surface area contributed by atoms with E-state index in [2.05, 4.69) is 25.9 Å². The summed E-state index contributed by atoms with van der Waals surface area (Å²) in [5.74, 6) is -1.85. The summed E-state index contributed by atoms with van der Waals surface area (Å²) in [6.07, 6.45) is -0.212. The van der Waals surface area contributed by atoms with Crippen molar-refractivity contribution in [2.45, 2.75) is 18.8 Å². The van der Waals surface area contributed by atoms with Crippen LogP contribution in [0.4, 0.5) is 14.7 Å². The monoisotopic (exact) mass is 315 g/mol. The zero-order valence-corrected chi connectivity index (χ0v) is 11.2. The van der Waals surface area contributed by atoms with Gasteiger partial charge in [-0.2, -0.15) is 0 Å². The molecule has 1 aliphatic heterocycles. The molecule has 1 saturated heterocycles. The molecule has 6 heteroatoms. The molecule has 3 nitrogen and oxygen atoms in total. The lowest BCUT2D eigenvalue weighted by molar-refractivity contribution is -0.0222. The van der Waals surface area contributed by atoms with Crippen molar-refractivity contribution in [3.05, 3.63) is 22.7 Å².